The standard InChI is InChI=1S/C35H39NO5/c36-31-30(25-38-21-26-13-5-1-6-14-26)33(39-22-27-15-7-2-8-16-27)35(41-24-29-19-11-4-12-20-29)34(32(31)37)40-23-28-17-9-3-10-18-28/h1-20,30-35,37H,21-25,36H2/t30-,31-,32-,33-,34-,35-/m0/s1. The van der Waals surface area contributed by atoms with E-state index in [0.29, 0.717) is 33.0 Å². The monoisotopic (exact) mass is 553 g/mol. The fraction of sp³-hybridized carbons (Fsp3) is 0.314. The van der Waals surface area contributed by atoms with Gasteiger partial charge in [0.25, 0.3) is 0 Å². The second kappa shape index (κ2) is 15.0. The number of benzene rings is 4. The summed E-state index contributed by atoms with van der Waals surface area (Å²) in [6.45, 7) is 1.79. The first-order valence-corrected chi connectivity index (χ1v) is 14.2. The van der Waals surface area contributed by atoms with Crippen LogP contribution in [0.4, 0.5) is 0 Å². The topological polar surface area (TPSA) is 83.2 Å². The molecule has 0 aliphatic heterocycles. The average Bonchev–Trinajstić information content (AvgIpc) is 3.03. The quantitative estimate of drug-likeness (QED) is 0.235. The van der Waals surface area contributed by atoms with E-state index in [2.05, 4.69) is 0 Å². The largest absolute Gasteiger partial charge is 0.389 e. The van der Waals surface area contributed by atoms with E-state index >= 15 is 0 Å². The third-order valence-corrected chi connectivity index (χ3v) is 7.57. The predicted octanol–water partition coefficient (Wildman–Crippen LogP) is 5.28. The fourth-order valence-corrected chi connectivity index (χ4v) is 5.31. The third kappa shape index (κ3) is 8.11. The Hall–Kier alpha value is -3.36. The molecule has 6 atom stereocenters. The lowest BCUT2D eigenvalue weighted by atomic mass is 9.77. The number of ether oxygens (including phenoxy) is 4. The van der Waals surface area contributed by atoms with E-state index in [0.717, 1.165) is 22.3 Å². The van der Waals surface area contributed by atoms with Crippen LogP contribution in [0.1, 0.15) is 22.3 Å². The van der Waals surface area contributed by atoms with Gasteiger partial charge in [-0.2, -0.15) is 0 Å². The molecule has 0 unspecified atom stereocenters. The Balaban J connectivity index is 1.39. The van der Waals surface area contributed by atoms with Gasteiger partial charge in [0.1, 0.15) is 12.2 Å². The minimum absolute atomic E-state index is 0.309. The number of aliphatic hydroxyl groups is 1. The maximum absolute atomic E-state index is 11.5. The molecular formula is C35H39NO5. The molecular weight excluding hydrogens is 514 g/mol. The zero-order chi connectivity index (χ0) is 28.3. The van der Waals surface area contributed by atoms with E-state index in [-0.39, 0.29) is 5.92 Å². The molecule has 0 saturated heterocycles. The van der Waals surface area contributed by atoms with Gasteiger partial charge in [-0.25, -0.2) is 0 Å². The minimum Gasteiger partial charge on any atom is -0.389 e. The summed E-state index contributed by atoms with van der Waals surface area (Å²) < 4.78 is 25.7. The summed E-state index contributed by atoms with van der Waals surface area (Å²) in [7, 11) is 0. The lowest BCUT2D eigenvalue weighted by Crippen LogP contribution is -2.66. The summed E-state index contributed by atoms with van der Waals surface area (Å²) in [6, 6.07) is 39.3. The molecule has 41 heavy (non-hydrogen) atoms. The van der Waals surface area contributed by atoms with Crippen LogP contribution in [-0.4, -0.2) is 42.2 Å². The maximum atomic E-state index is 11.5. The highest BCUT2D eigenvalue weighted by atomic mass is 16.6. The van der Waals surface area contributed by atoms with Crippen LogP contribution in [0.5, 0.6) is 0 Å². The Labute approximate surface area is 242 Å². The smallest absolute Gasteiger partial charge is 0.114 e. The highest BCUT2D eigenvalue weighted by molar-refractivity contribution is 5.17. The van der Waals surface area contributed by atoms with Crippen molar-refractivity contribution in [3.63, 3.8) is 0 Å². The van der Waals surface area contributed by atoms with E-state index < -0.39 is 30.5 Å². The molecule has 0 radical (unpaired) electrons. The summed E-state index contributed by atoms with van der Waals surface area (Å²) in [5.41, 5.74) is 10.9. The zero-order valence-corrected chi connectivity index (χ0v) is 23.2. The molecule has 1 saturated carbocycles. The number of rotatable bonds is 13. The van der Waals surface area contributed by atoms with Crippen LogP contribution in [0.15, 0.2) is 121 Å². The third-order valence-electron chi connectivity index (χ3n) is 7.57. The number of nitrogens with two attached hydrogens (primary N) is 1. The van der Waals surface area contributed by atoms with Gasteiger partial charge in [0.15, 0.2) is 0 Å². The molecule has 3 N–H and O–H groups in total. The molecule has 0 aromatic heterocycles. The molecule has 6 nitrogen and oxygen atoms in total. The van der Waals surface area contributed by atoms with Gasteiger partial charge in [0.2, 0.25) is 0 Å². The van der Waals surface area contributed by atoms with Crippen molar-refractivity contribution in [2.45, 2.75) is 56.9 Å². The molecule has 0 amide bonds. The van der Waals surface area contributed by atoms with Crippen LogP contribution in [-0.2, 0) is 45.4 Å². The number of aliphatic hydroxyl groups excluding tert-OH is 1. The normalized spacial score (nSPS) is 24.2. The molecule has 4 aromatic rings. The molecule has 214 valence electrons. The Morgan fingerprint density at radius 3 is 1.29 bits per heavy atom. The Morgan fingerprint density at radius 2 is 0.854 bits per heavy atom. The van der Waals surface area contributed by atoms with Crippen LogP contribution in [0.2, 0.25) is 0 Å². The van der Waals surface area contributed by atoms with Crippen LogP contribution in [0.3, 0.4) is 0 Å². The molecule has 0 bridgehead atoms. The molecule has 1 aliphatic rings. The van der Waals surface area contributed by atoms with E-state index in [1.54, 1.807) is 0 Å². The van der Waals surface area contributed by atoms with Gasteiger partial charge < -0.3 is 29.8 Å². The van der Waals surface area contributed by atoms with E-state index in [4.69, 9.17) is 24.7 Å². The lowest BCUT2D eigenvalue weighted by molar-refractivity contribution is -0.230. The van der Waals surface area contributed by atoms with Crippen LogP contribution < -0.4 is 5.73 Å². The Kier molecular flexibility index (Phi) is 10.7. The molecule has 6 heteroatoms. The predicted molar refractivity (Wildman–Crippen MR) is 159 cm³/mol. The summed E-state index contributed by atoms with van der Waals surface area (Å²) in [5, 5.41) is 11.5. The van der Waals surface area contributed by atoms with Gasteiger partial charge in [-0.1, -0.05) is 121 Å². The average molecular weight is 554 g/mol. The second-order valence-electron chi connectivity index (χ2n) is 10.5. The van der Waals surface area contributed by atoms with Crippen LogP contribution in [0.25, 0.3) is 0 Å². The van der Waals surface area contributed by atoms with Gasteiger partial charge in [0.05, 0.1) is 45.2 Å². The fourth-order valence-electron chi connectivity index (χ4n) is 5.31. The lowest BCUT2D eigenvalue weighted by Gasteiger charge is -2.48. The second-order valence-corrected chi connectivity index (χ2v) is 10.5. The first-order valence-electron chi connectivity index (χ1n) is 14.2. The summed E-state index contributed by atoms with van der Waals surface area (Å²) >= 11 is 0. The highest BCUT2D eigenvalue weighted by Gasteiger charge is 2.51. The van der Waals surface area contributed by atoms with Gasteiger partial charge in [-0.15, -0.1) is 0 Å². The van der Waals surface area contributed by atoms with Crippen molar-refractivity contribution < 1.29 is 24.1 Å². The first-order chi connectivity index (χ1) is 20.2. The number of hydrogen-bond donors (Lipinski definition) is 2. The number of hydrogen-bond acceptors (Lipinski definition) is 6. The van der Waals surface area contributed by atoms with Crippen LogP contribution in [0, 0.1) is 5.92 Å². The van der Waals surface area contributed by atoms with Gasteiger partial charge >= 0.3 is 0 Å². The van der Waals surface area contributed by atoms with Gasteiger partial charge in [-0.05, 0) is 22.3 Å². The first kappa shape index (κ1) is 29.1. The SMILES string of the molecule is N[C@@H]1[C@H](O)[C@H](OCc2ccccc2)[C@@H](OCc2ccccc2)[C@@H](OCc2ccccc2)[C@H]1COCc1ccccc1. The van der Waals surface area contributed by atoms with Crippen molar-refractivity contribution in [3.05, 3.63) is 144 Å². The summed E-state index contributed by atoms with van der Waals surface area (Å²) in [4.78, 5) is 0. The van der Waals surface area contributed by atoms with Crippen molar-refractivity contribution in [2.75, 3.05) is 6.61 Å². The Bertz CT molecular complexity index is 1280. The van der Waals surface area contributed by atoms with Gasteiger partial charge in [-0.3, -0.25) is 0 Å². The molecule has 1 fully saturated rings. The molecule has 1 aliphatic carbocycles. The van der Waals surface area contributed by atoms with E-state index in [1.807, 2.05) is 121 Å². The Morgan fingerprint density at radius 1 is 0.488 bits per heavy atom. The van der Waals surface area contributed by atoms with Crippen molar-refractivity contribution in [2.24, 2.45) is 11.7 Å². The van der Waals surface area contributed by atoms with Gasteiger partial charge in [0, 0.05) is 12.0 Å². The molecule has 0 heterocycles. The molecule has 5 rings (SSSR count). The minimum atomic E-state index is -0.971. The van der Waals surface area contributed by atoms with Crippen molar-refractivity contribution in [1.29, 1.82) is 0 Å². The summed E-state index contributed by atoms with van der Waals surface area (Å²) in [6.07, 6.45) is -2.72. The van der Waals surface area contributed by atoms with Crippen molar-refractivity contribution >= 4 is 0 Å². The van der Waals surface area contributed by atoms with Crippen molar-refractivity contribution in [3.8, 4) is 0 Å². The summed E-state index contributed by atoms with van der Waals surface area (Å²) in [5.74, 6) is -0.324. The molecule has 0 spiro atoms. The zero-order valence-electron chi connectivity index (χ0n) is 23.2. The van der Waals surface area contributed by atoms with Crippen molar-refractivity contribution in [1.82, 2.24) is 0 Å². The van der Waals surface area contributed by atoms with E-state index in [9.17, 15) is 5.11 Å². The molecule has 4 aromatic carbocycles. The maximum Gasteiger partial charge on any atom is 0.114 e. The van der Waals surface area contributed by atoms with E-state index in [1.165, 1.54) is 0 Å². The highest BCUT2D eigenvalue weighted by Crippen LogP contribution is 2.34. The van der Waals surface area contributed by atoms with Crippen LogP contribution >= 0.6 is 0 Å².